The molecule has 0 fully saturated rings. The minimum Gasteiger partial charge on any atom is -0.481 e. The van der Waals surface area contributed by atoms with Crippen LogP contribution in [0, 0.1) is 5.92 Å². The lowest BCUT2D eigenvalue weighted by Crippen LogP contribution is -2.44. The second-order valence-corrected chi connectivity index (χ2v) is 12.4. The van der Waals surface area contributed by atoms with Crippen molar-refractivity contribution in [1.82, 2.24) is 5.32 Å². The molecule has 0 heterocycles. The summed E-state index contributed by atoms with van der Waals surface area (Å²) in [7, 11) is 0. The topological polar surface area (TPSA) is 102 Å². The lowest BCUT2D eigenvalue weighted by Gasteiger charge is -2.22. The zero-order valence-corrected chi connectivity index (χ0v) is 26.3. The molecule has 0 aromatic heterocycles. The summed E-state index contributed by atoms with van der Waals surface area (Å²) < 4.78 is 11.5. The van der Waals surface area contributed by atoms with Gasteiger partial charge in [-0.1, -0.05) is 121 Å². The molecule has 0 bridgehead atoms. The third kappa shape index (κ3) is 6.32. The van der Waals surface area contributed by atoms with E-state index in [0.717, 1.165) is 50.9 Å². The van der Waals surface area contributed by atoms with Gasteiger partial charge in [0, 0.05) is 5.92 Å². The van der Waals surface area contributed by atoms with Crippen molar-refractivity contribution in [1.29, 1.82) is 0 Å². The number of carbonyl (C=O) groups excluding carboxylic acids is 2. The summed E-state index contributed by atoms with van der Waals surface area (Å²) in [5, 5.41) is 12.8. The van der Waals surface area contributed by atoms with Crippen molar-refractivity contribution in [3.8, 4) is 22.3 Å². The second-order valence-electron chi connectivity index (χ2n) is 12.4. The van der Waals surface area contributed by atoms with Crippen molar-refractivity contribution < 1.29 is 29.0 Å². The molecule has 2 atom stereocenters. The van der Waals surface area contributed by atoms with Crippen LogP contribution in [0.3, 0.4) is 0 Å². The molecule has 0 saturated heterocycles. The maximum absolute atomic E-state index is 13.7. The zero-order chi connectivity index (χ0) is 33.0. The standard InChI is InChI=1S/C41H35NO6/c43-39(44)29(21-26-11-2-1-3-12-26)23-38(40(45)47-24-28-14-10-20-31-30-15-5-4-13-27(30)22-36(28)31)42-41(46)48-25-37-34-18-8-6-16-32(34)33-17-7-9-19-35(33)37/h1-20,29,37-38H,21-25H2,(H,42,46)(H,43,44)/t29?,38-/m0/s1. The molecule has 1 unspecified atom stereocenters. The molecular weight excluding hydrogens is 602 g/mol. The summed E-state index contributed by atoms with van der Waals surface area (Å²) in [5.74, 6) is -2.89. The van der Waals surface area contributed by atoms with Gasteiger partial charge in [-0.05, 0) is 74.9 Å². The summed E-state index contributed by atoms with van der Waals surface area (Å²) in [6.45, 7) is 0.0556. The Morgan fingerprint density at radius 1 is 0.708 bits per heavy atom. The van der Waals surface area contributed by atoms with Gasteiger partial charge >= 0.3 is 18.0 Å². The Balaban J connectivity index is 1.07. The number of alkyl carbamates (subject to hydrolysis) is 1. The van der Waals surface area contributed by atoms with Crippen LogP contribution < -0.4 is 5.32 Å². The number of ether oxygens (including phenoxy) is 2. The molecule has 48 heavy (non-hydrogen) atoms. The van der Waals surface area contributed by atoms with E-state index in [1.165, 1.54) is 11.1 Å². The van der Waals surface area contributed by atoms with E-state index in [1.807, 2.05) is 91.0 Å². The van der Waals surface area contributed by atoms with Crippen molar-refractivity contribution in [3.05, 3.63) is 155 Å². The molecule has 0 radical (unpaired) electrons. The Labute approximate surface area is 279 Å². The number of fused-ring (bicyclic) bond motifs is 6. The third-order valence-corrected chi connectivity index (χ3v) is 9.43. The normalized spacial score (nSPS) is 13.8. The highest BCUT2D eigenvalue weighted by Gasteiger charge is 2.33. The fraction of sp³-hybridized carbons (Fsp3) is 0.195. The van der Waals surface area contributed by atoms with Crippen molar-refractivity contribution >= 4 is 18.0 Å². The minimum atomic E-state index is -1.24. The first-order chi connectivity index (χ1) is 23.5. The Morgan fingerprint density at radius 3 is 2.04 bits per heavy atom. The number of nitrogens with one attached hydrogen (secondary N) is 1. The van der Waals surface area contributed by atoms with E-state index in [-0.39, 0.29) is 32.0 Å². The molecular formula is C41H35NO6. The maximum Gasteiger partial charge on any atom is 0.407 e. The molecule has 5 aromatic carbocycles. The van der Waals surface area contributed by atoms with Gasteiger partial charge in [0.05, 0.1) is 5.92 Å². The van der Waals surface area contributed by atoms with Crippen molar-refractivity contribution in [2.45, 2.75) is 37.8 Å². The number of hydrogen-bond donors (Lipinski definition) is 2. The molecule has 2 aliphatic rings. The molecule has 2 N–H and O–H groups in total. The van der Waals surface area contributed by atoms with Crippen LogP contribution in [0.1, 0.15) is 45.7 Å². The predicted molar refractivity (Wildman–Crippen MR) is 182 cm³/mol. The number of aliphatic carboxylic acids is 1. The predicted octanol–water partition coefficient (Wildman–Crippen LogP) is 7.54. The fourth-order valence-corrected chi connectivity index (χ4v) is 7.06. The molecule has 0 spiro atoms. The summed E-state index contributed by atoms with van der Waals surface area (Å²) >= 11 is 0. The van der Waals surface area contributed by atoms with Gasteiger partial charge in [-0.3, -0.25) is 4.79 Å². The Bertz CT molecular complexity index is 1940. The summed E-state index contributed by atoms with van der Waals surface area (Å²) in [4.78, 5) is 39.4. The van der Waals surface area contributed by atoms with Gasteiger partial charge in [-0.2, -0.15) is 0 Å². The molecule has 7 rings (SSSR count). The Kier molecular flexibility index (Phi) is 8.75. The van der Waals surface area contributed by atoms with Crippen LogP contribution in [-0.2, 0) is 38.5 Å². The molecule has 2 aliphatic carbocycles. The van der Waals surface area contributed by atoms with Gasteiger partial charge in [0.1, 0.15) is 19.3 Å². The first-order valence-electron chi connectivity index (χ1n) is 16.2. The average Bonchev–Trinajstić information content (AvgIpc) is 3.65. The second kappa shape index (κ2) is 13.6. The highest BCUT2D eigenvalue weighted by atomic mass is 16.6. The van der Waals surface area contributed by atoms with Crippen molar-refractivity contribution in [3.63, 3.8) is 0 Å². The van der Waals surface area contributed by atoms with Crippen molar-refractivity contribution in [2.75, 3.05) is 6.61 Å². The first kappa shape index (κ1) is 30.9. The molecule has 0 saturated carbocycles. The zero-order valence-electron chi connectivity index (χ0n) is 26.3. The van der Waals surface area contributed by atoms with Crippen molar-refractivity contribution in [2.24, 2.45) is 5.92 Å². The number of esters is 1. The lowest BCUT2D eigenvalue weighted by atomic mass is 9.92. The van der Waals surface area contributed by atoms with Crippen LogP contribution in [0.25, 0.3) is 22.3 Å². The SMILES string of the molecule is O=C(N[C@@H](CC(Cc1ccccc1)C(=O)O)C(=O)OCc1cccc2c1Cc1ccccc1-2)OCC1c2ccccc2-c2ccccc21. The van der Waals surface area contributed by atoms with Crippen LogP contribution in [0.4, 0.5) is 4.79 Å². The van der Waals surface area contributed by atoms with Crippen LogP contribution in [-0.4, -0.2) is 35.8 Å². The van der Waals surface area contributed by atoms with Crippen LogP contribution in [0.15, 0.2) is 121 Å². The first-order valence-corrected chi connectivity index (χ1v) is 16.2. The monoisotopic (exact) mass is 637 g/mol. The van der Waals surface area contributed by atoms with Gasteiger partial charge in [-0.25, -0.2) is 9.59 Å². The number of carboxylic acid groups (broad SMARTS) is 1. The minimum absolute atomic E-state index is 0.00467. The Hall–Kier alpha value is -5.69. The van der Waals surface area contributed by atoms with Crippen LogP contribution >= 0.6 is 0 Å². The molecule has 7 heteroatoms. The van der Waals surface area contributed by atoms with Gasteiger partial charge in [0.15, 0.2) is 0 Å². The number of amides is 1. The van der Waals surface area contributed by atoms with Gasteiger partial charge < -0.3 is 19.9 Å². The van der Waals surface area contributed by atoms with Gasteiger partial charge in [0.25, 0.3) is 0 Å². The number of carbonyl (C=O) groups is 3. The smallest absolute Gasteiger partial charge is 0.407 e. The largest absolute Gasteiger partial charge is 0.481 e. The fourth-order valence-electron chi connectivity index (χ4n) is 7.06. The van der Waals surface area contributed by atoms with E-state index in [2.05, 4.69) is 35.6 Å². The Morgan fingerprint density at radius 2 is 1.33 bits per heavy atom. The molecule has 240 valence electrons. The molecule has 5 aromatic rings. The third-order valence-electron chi connectivity index (χ3n) is 9.43. The maximum atomic E-state index is 13.7. The average molecular weight is 638 g/mol. The van der Waals surface area contributed by atoms with Gasteiger partial charge in [0.2, 0.25) is 0 Å². The highest BCUT2D eigenvalue weighted by molar-refractivity contribution is 5.83. The van der Waals surface area contributed by atoms with Crippen LogP contribution in [0.2, 0.25) is 0 Å². The van der Waals surface area contributed by atoms with E-state index in [1.54, 1.807) is 0 Å². The summed E-state index contributed by atoms with van der Waals surface area (Å²) in [6, 6.07) is 38.2. The highest BCUT2D eigenvalue weighted by Crippen LogP contribution is 2.44. The summed E-state index contributed by atoms with van der Waals surface area (Å²) in [6.07, 6.45) is -0.0417. The van der Waals surface area contributed by atoms with E-state index < -0.39 is 30.0 Å². The molecule has 0 aliphatic heterocycles. The number of benzene rings is 5. The summed E-state index contributed by atoms with van der Waals surface area (Å²) in [5.41, 5.74) is 10.6. The van der Waals surface area contributed by atoms with Crippen LogP contribution in [0.5, 0.6) is 0 Å². The van der Waals surface area contributed by atoms with E-state index in [0.29, 0.717) is 0 Å². The van der Waals surface area contributed by atoms with E-state index in [4.69, 9.17) is 9.47 Å². The van der Waals surface area contributed by atoms with E-state index >= 15 is 0 Å². The molecule has 1 amide bonds. The quantitative estimate of drug-likeness (QED) is 0.142. The number of hydrogen-bond acceptors (Lipinski definition) is 5. The number of rotatable bonds is 11. The van der Waals surface area contributed by atoms with Gasteiger partial charge in [-0.15, -0.1) is 0 Å². The lowest BCUT2D eigenvalue weighted by molar-refractivity contribution is -0.149. The molecule has 7 nitrogen and oxygen atoms in total. The number of carboxylic acids is 1. The van der Waals surface area contributed by atoms with E-state index in [9.17, 15) is 19.5 Å².